The summed E-state index contributed by atoms with van der Waals surface area (Å²) in [4.78, 5) is 19.8. The summed E-state index contributed by atoms with van der Waals surface area (Å²) < 4.78 is 22.0. The van der Waals surface area contributed by atoms with Gasteiger partial charge in [-0.1, -0.05) is 32.9 Å². The molecule has 0 fully saturated rings. The zero-order valence-corrected chi connectivity index (χ0v) is 24.0. The first kappa shape index (κ1) is 27.5. The molecule has 1 aliphatic rings. The van der Waals surface area contributed by atoms with Crippen molar-refractivity contribution in [1.82, 2.24) is 0 Å². The maximum atomic E-state index is 13.7. The number of hydrogen-bond acceptors (Lipinski definition) is 7. The van der Waals surface area contributed by atoms with E-state index in [4.69, 9.17) is 23.9 Å². The van der Waals surface area contributed by atoms with Crippen LogP contribution in [0.5, 0.6) is 23.0 Å². The van der Waals surface area contributed by atoms with E-state index in [9.17, 15) is 4.79 Å². The third kappa shape index (κ3) is 5.50. The highest BCUT2D eigenvalue weighted by molar-refractivity contribution is 7.16. The second kappa shape index (κ2) is 11.5. The first-order valence-corrected chi connectivity index (χ1v) is 13.4. The lowest BCUT2D eigenvalue weighted by atomic mass is 9.72. The van der Waals surface area contributed by atoms with Gasteiger partial charge in [0.05, 0.1) is 39.7 Å². The van der Waals surface area contributed by atoms with Gasteiger partial charge in [-0.2, -0.15) is 0 Å². The predicted molar refractivity (Wildman–Crippen MR) is 154 cm³/mol. The van der Waals surface area contributed by atoms with Crippen LogP contribution in [0.2, 0.25) is 0 Å². The van der Waals surface area contributed by atoms with Gasteiger partial charge in [0.1, 0.15) is 10.8 Å². The fourth-order valence-corrected chi connectivity index (χ4v) is 6.19. The first-order valence-electron chi connectivity index (χ1n) is 12.6. The van der Waals surface area contributed by atoms with Crippen LogP contribution < -0.4 is 24.3 Å². The van der Waals surface area contributed by atoms with E-state index in [2.05, 4.69) is 26.1 Å². The van der Waals surface area contributed by atoms with E-state index in [1.807, 2.05) is 36.4 Å². The molecule has 38 heavy (non-hydrogen) atoms. The van der Waals surface area contributed by atoms with Gasteiger partial charge in [0.15, 0.2) is 11.5 Å². The highest BCUT2D eigenvalue weighted by Crippen LogP contribution is 2.46. The highest BCUT2D eigenvalue weighted by Gasteiger charge is 2.34. The zero-order chi connectivity index (χ0) is 27.4. The van der Waals surface area contributed by atoms with Gasteiger partial charge in [-0.05, 0) is 60.4 Å². The summed E-state index contributed by atoms with van der Waals surface area (Å²) in [6.45, 7) is 6.86. The Bertz CT molecular complexity index is 1340. The molecular weight excluding hydrogens is 500 g/mol. The van der Waals surface area contributed by atoms with E-state index >= 15 is 0 Å². The number of thiophene rings is 1. The van der Waals surface area contributed by atoms with Crippen molar-refractivity contribution in [3.8, 4) is 23.0 Å². The van der Waals surface area contributed by atoms with Gasteiger partial charge < -0.3 is 24.3 Å². The molecule has 0 bridgehead atoms. The molecule has 0 aliphatic heterocycles. The van der Waals surface area contributed by atoms with Crippen molar-refractivity contribution >= 4 is 34.1 Å². The molecule has 1 N–H and O–H groups in total. The molecule has 1 heterocycles. The Labute approximate surface area is 228 Å². The Morgan fingerprint density at radius 3 is 2.34 bits per heavy atom. The number of nitrogens with one attached hydrogen (secondary N) is 1. The van der Waals surface area contributed by atoms with Gasteiger partial charge in [-0.3, -0.25) is 4.79 Å². The average Bonchev–Trinajstić information content (AvgIpc) is 3.28. The lowest BCUT2D eigenvalue weighted by Gasteiger charge is -2.33. The van der Waals surface area contributed by atoms with Gasteiger partial charge in [0.2, 0.25) is 5.75 Å². The van der Waals surface area contributed by atoms with Crippen LogP contribution in [0, 0.1) is 11.3 Å². The van der Waals surface area contributed by atoms with Crippen molar-refractivity contribution in [2.45, 2.75) is 40.0 Å². The Hall–Kier alpha value is -3.52. The number of para-hydroxylation sites is 2. The number of anilines is 1. The molecule has 202 valence electrons. The Morgan fingerprint density at radius 1 is 0.974 bits per heavy atom. The first-order chi connectivity index (χ1) is 18.2. The fourth-order valence-electron chi connectivity index (χ4n) is 4.92. The lowest BCUT2D eigenvalue weighted by Crippen LogP contribution is -2.27. The molecule has 0 spiro atoms. The average molecular weight is 537 g/mol. The van der Waals surface area contributed by atoms with Gasteiger partial charge in [0.25, 0.3) is 5.91 Å². The minimum absolute atomic E-state index is 0.187. The van der Waals surface area contributed by atoms with Gasteiger partial charge in [-0.15, -0.1) is 11.3 Å². The molecular formula is C30H36N2O5S. The van der Waals surface area contributed by atoms with Crippen molar-refractivity contribution in [3.05, 3.63) is 58.0 Å². The van der Waals surface area contributed by atoms with Crippen molar-refractivity contribution in [1.29, 1.82) is 0 Å². The van der Waals surface area contributed by atoms with Crippen LogP contribution in [-0.2, 0) is 12.8 Å². The number of hydrogen-bond donors (Lipinski definition) is 1. The van der Waals surface area contributed by atoms with Crippen molar-refractivity contribution in [2.75, 3.05) is 33.8 Å². The maximum Gasteiger partial charge on any atom is 0.259 e. The van der Waals surface area contributed by atoms with Crippen LogP contribution in [0.15, 0.2) is 41.4 Å². The van der Waals surface area contributed by atoms with E-state index < -0.39 is 0 Å². The lowest BCUT2D eigenvalue weighted by molar-refractivity contribution is 0.102. The summed E-state index contributed by atoms with van der Waals surface area (Å²) >= 11 is 1.59. The molecule has 4 rings (SSSR count). The number of ether oxygens (including phenoxy) is 4. The molecule has 0 radical (unpaired) electrons. The van der Waals surface area contributed by atoms with Crippen molar-refractivity contribution in [2.24, 2.45) is 16.3 Å². The monoisotopic (exact) mass is 536 g/mol. The number of nitrogens with zero attached hydrogens (tertiary/aromatic N) is 1. The molecule has 1 atom stereocenters. The highest BCUT2D eigenvalue weighted by atomic mass is 32.1. The molecule has 2 aromatic carbocycles. The molecule has 1 unspecified atom stereocenters. The second-order valence-corrected chi connectivity index (χ2v) is 11.4. The molecule has 7 nitrogen and oxygen atoms in total. The summed E-state index contributed by atoms with van der Waals surface area (Å²) in [5, 5.41) is 3.73. The smallest absolute Gasteiger partial charge is 0.259 e. The molecule has 1 aliphatic carbocycles. The van der Waals surface area contributed by atoms with E-state index in [1.165, 1.54) is 4.88 Å². The van der Waals surface area contributed by atoms with Gasteiger partial charge >= 0.3 is 0 Å². The maximum absolute atomic E-state index is 13.7. The summed E-state index contributed by atoms with van der Waals surface area (Å²) in [5.74, 6) is 2.54. The van der Waals surface area contributed by atoms with Crippen LogP contribution in [0.25, 0.3) is 0 Å². The summed E-state index contributed by atoms with van der Waals surface area (Å²) in [5.41, 5.74) is 3.26. The SMILES string of the molecule is COc1ccccc1NC(=O)c1c(/N=C/c2ccc(OC)c(OC)c2OC)sc2c1CCC(C(C)(C)C)C2. The third-order valence-electron chi connectivity index (χ3n) is 7.11. The van der Waals surface area contributed by atoms with Crippen LogP contribution >= 0.6 is 11.3 Å². The topological polar surface area (TPSA) is 78.4 Å². The third-order valence-corrected chi connectivity index (χ3v) is 8.27. The normalized spacial score (nSPS) is 15.2. The van der Waals surface area contributed by atoms with Crippen LogP contribution in [0.1, 0.15) is 53.6 Å². The summed E-state index contributed by atoms with van der Waals surface area (Å²) in [6, 6.07) is 11.1. The van der Waals surface area contributed by atoms with E-state index in [0.717, 1.165) is 30.4 Å². The number of aliphatic imine (C=N–C) groups is 1. The second-order valence-electron chi connectivity index (χ2n) is 10.3. The number of carbonyl (C=O) groups is 1. The predicted octanol–water partition coefficient (Wildman–Crippen LogP) is 6.94. The molecule has 0 saturated heterocycles. The van der Waals surface area contributed by atoms with Gasteiger partial charge in [-0.25, -0.2) is 4.99 Å². The molecule has 1 aromatic heterocycles. The van der Waals surface area contributed by atoms with Crippen molar-refractivity contribution < 1.29 is 23.7 Å². The Balaban J connectivity index is 1.77. The van der Waals surface area contributed by atoms with Crippen LogP contribution in [-0.4, -0.2) is 40.6 Å². The minimum atomic E-state index is -0.187. The largest absolute Gasteiger partial charge is 0.495 e. The molecule has 3 aromatic rings. The Kier molecular flexibility index (Phi) is 8.31. The molecule has 0 saturated carbocycles. The number of benzene rings is 2. The summed E-state index contributed by atoms with van der Waals surface area (Å²) in [6.07, 6.45) is 4.54. The zero-order valence-electron chi connectivity index (χ0n) is 23.1. The summed E-state index contributed by atoms with van der Waals surface area (Å²) in [7, 11) is 6.33. The molecule has 1 amide bonds. The number of methoxy groups -OCH3 is 4. The molecule has 8 heteroatoms. The quantitative estimate of drug-likeness (QED) is 0.316. The number of amides is 1. The number of fused-ring (bicyclic) bond motifs is 1. The van der Waals surface area contributed by atoms with Crippen LogP contribution in [0.4, 0.5) is 10.7 Å². The van der Waals surface area contributed by atoms with Crippen molar-refractivity contribution in [3.63, 3.8) is 0 Å². The van der Waals surface area contributed by atoms with E-state index in [0.29, 0.717) is 45.2 Å². The van der Waals surface area contributed by atoms with Crippen LogP contribution in [0.3, 0.4) is 0 Å². The standard InChI is InChI=1S/C30H36N2O5S/c1-30(2,3)19-13-14-20-24(16-19)38-29(25(20)28(33)32-21-10-8-9-11-22(21)34-4)31-17-18-12-15-23(35-5)27(37-7)26(18)36-6/h8-12,15,17,19H,13-14,16H2,1-7H3,(H,32,33)/b31-17+. The van der Waals surface area contributed by atoms with E-state index in [1.54, 1.807) is 46.0 Å². The fraction of sp³-hybridized carbons (Fsp3) is 0.400. The number of carbonyl (C=O) groups excluding carboxylic acids is 1. The Morgan fingerprint density at radius 2 is 1.68 bits per heavy atom. The number of rotatable bonds is 8. The van der Waals surface area contributed by atoms with Gasteiger partial charge in [0, 0.05) is 16.7 Å². The van der Waals surface area contributed by atoms with E-state index in [-0.39, 0.29) is 11.3 Å². The minimum Gasteiger partial charge on any atom is -0.495 e.